The molecule has 2 aromatic carbocycles. The number of halogens is 1. The molecule has 0 radical (unpaired) electrons. The number of anilines is 2. The van der Waals surface area contributed by atoms with Crippen molar-refractivity contribution in [3.63, 3.8) is 0 Å². The molecule has 0 fully saturated rings. The Bertz CT molecular complexity index is 1230. The predicted octanol–water partition coefficient (Wildman–Crippen LogP) is 6.56. The Morgan fingerprint density at radius 2 is 1.58 bits per heavy atom. The van der Waals surface area contributed by atoms with Gasteiger partial charge < -0.3 is 14.2 Å². The lowest BCUT2D eigenvalue weighted by molar-refractivity contribution is 0.340. The van der Waals surface area contributed by atoms with Crippen LogP contribution in [0.15, 0.2) is 48.5 Å². The number of aromatic nitrogens is 3. The first-order chi connectivity index (χ1) is 15.0. The molecule has 0 saturated carbocycles. The summed E-state index contributed by atoms with van der Waals surface area (Å²) in [5.74, 6) is 1.69. The standard InChI is InChI=1S/C25H27ClN4O/c1-6-29(22-11-9-8-10-21(22)26)25-24-18(5)30(17(4)23(24)16(3)27-28-25)19-12-14-20(15-13-19)31-7-2/h8-15H,6-7H2,1-5H3. The van der Waals surface area contributed by atoms with Crippen LogP contribution < -0.4 is 9.64 Å². The van der Waals surface area contributed by atoms with Gasteiger partial charge in [-0.05, 0) is 71.0 Å². The monoisotopic (exact) mass is 434 g/mol. The maximum absolute atomic E-state index is 6.54. The van der Waals surface area contributed by atoms with Crippen LogP contribution in [0.25, 0.3) is 16.5 Å². The zero-order chi connectivity index (χ0) is 22.1. The van der Waals surface area contributed by atoms with E-state index in [2.05, 4.69) is 52.6 Å². The Hall–Kier alpha value is -3.05. The third-order valence-electron chi connectivity index (χ3n) is 5.65. The summed E-state index contributed by atoms with van der Waals surface area (Å²) in [6, 6.07) is 16.0. The molecule has 0 aliphatic carbocycles. The molecular weight excluding hydrogens is 408 g/mol. The molecular formula is C25H27ClN4O. The van der Waals surface area contributed by atoms with Crippen molar-refractivity contribution in [3.8, 4) is 11.4 Å². The van der Waals surface area contributed by atoms with E-state index in [4.69, 9.17) is 16.3 Å². The molecule has 0 aliphatic rings. The summed E-state index contributed by atoms with van der Waals surface area (Å²) in [4.78, 5) is 2.13. The lowest BCUT2D eigenvalue weighted by Crippen LogP contribution is -2.19. The molecule has 0 amide bonds. The second kappa shape index (κ2) is 8.60. The highest BCUT2D eigenvalue weighted by molar-refractivity contribution is 6.33. The van der Waals surface area contributed by atoms with E-state index in [1.165, 1.54) is 0 Å². The van der Waals surface area contributed by atoms with E-state index in [-0.39, 0.29) is 0 Å². The van der Waals surface area contributed by atoms with Crippen LogP contribution in [0.4, 0.5) is 11.5 Å². The smallest absolute Gasteiger partial charge is 0.165 e. The second-order valence-corrected chi connectivity index (χ2v) is 7.90. The molecule has 5 nitrogen and oxygen atoms in total. The number of rotatable bonds is 6. The number of nitrogens with zero attached hydrogens (tertiary/aromatic N) is 4. The van der Waals surface area contributed by atoms with E-state index < -0.39 is 0 Å². The predicted molar refractivity (Wildman–Crippen MR) is 128 cm³/mol. The minimum Gasteiger partial charge on any atom is -0.494 e. The maximum Gasteiger partial charge on any atom is 0.165 e. The van der Waals surface area contributed by atoms with E-state index in [1.807, 2.05) is 50.2 Å². The summed E-state index contributed by atoms with van der Waals surface area (Å²) < 4.78 is 7.88. The number of hydrogen-bond donors (Lipinski definition) is 0. The fraction of sp³-hybridized carbons (Fsp3) is 0.280. The molecule has 0 bridgehead atoms. The van der Waals surface area contributed by atoms with Crippen molar-refractivity contribution in [3.05, 3.63) is 70.6 Å². The number of aryl methyl sites for hydroxylation is 3. The summed E-state index contributed by atoms with van der Waals surface area (Å²) in [5, 5.41) is 12.1. The van der Waals surface area contributed by atoms with Gasteiger partial charge in [-0.25, -0.2) is 0 Å². The van der Waals surface area contributed by atoms with E-state index in [0.717, 1.165) is 57.3 Å². The molecule has 4 rings (SSSR count). The fourth-order valence-electron chi connectivity index (χ4n) is 4.31. The van der Waals surface area contributed by atoms with Crippen LogP contribution in [0.2, 0.25) is 5.02 Å². The molecule has 6 heteroatoms. The fourth-order valence-corrected chi connectivity index (χ4v) is 4.55. The molecule has 0 saturated heterocycles. The topological polar surface area (TPSA) is 43.2 Å². The molecule has 0 aliphatic heterocycles. The van der Waals surface area contributed by atoms with Crippen molar-refractivity contribution in [2.45, 2.75) is 34.6 Å². The average molecular weight is 435 g/mol. The van der Waals surface area contributed by atoms with E-state index in [9.17, 15) is 0 Å². The number of hydrogen-bond acceptors (Lipinski definition) is 4. The molecule has 2 heterocycles. The van der Waals surface area contributed by atoms with Crippen LogP contribution >= 0.6 is 11.6 Å². The quantitative estimate of drug-likeness (QED) is 0.345. The Morgan fingerprint density at radius 1 is 0.903 bits per heavy atom. The Kier molecular flexibility index (Phi) is 5.88. The van der Waals surface area contributed by atoms with E-state index in [1.54, 1.807) is 0 Å². The van der Waals surface area contributed by atoms with Crippen molar-refractivity contribution < 1.29 is 4.74 Å². The molecule has 0 unspecified atom stereocenters. The lowest BCUT2D eigenvalue weighted by atomic mass is 10.1. The summed E-state index contributed by atoms with van der Waals surface area (Å²) >= 11 is 6.54. The molecule has 0 N–H and O–H groups in total. The maximum atomic E-state index is 6.54. The molecule has 0 spiro atoms. The second-order valence-electron chi connectivity index (χ2n) is 7.49. The van der Waals surface area contributed by atoms with Gasteiger partial charge >= 0.3 is 0 Å². The number of fused-ring (bicyclic) bond motifs is 1. The van der Waals surface area contributed by atoms with Crippen molar-refractivity contribution in [2.24, 2.45) is 0 Å². The van der Waals surface area contributed by atoms with Gasteiger partial charge in [0, 0.05) is 34.4 Å². The van der Waals surface area contributed by atoms with Crippen LogP contribution in [0, 0.1) is 20.8 Å². The van der Waals surface area contributed by atoms with E-state index >= 15 is 0 Å². The summed E-state index contributed by atoms with van der Waals surface area (Å²) in [6.45, 7) is 11.8. The summed E-state index contributed by atoms with van der Waals surface area (Å²) in [6.07, 6.45) is 0. The van der Waals surface area contributed by atoms with Gasteiger partial charge in [-0.15, -0.1) is 5.10 Å². The normalized spacial score (nSPS) is 11.2. The number of benzene rings is 2. The molecule has 4 aromatic rings. The lowest BCUT2D eigenvalue weighted by Gasteiger charge is -2.24. The zero-order valence-electron chi connectivity index (χ0n) is 18.6. The molecule has 31 heavy (non-hydrogen) atoms. The zero-order valence-corrected chi connectivity index (χ0v) is 19.4. The van der Waals surface area contributed by atoms with Crippen LogP contribution in [0.1, 0.15) is 30.9 Å². The van der Waals surface area contributed by atoms with Gasteiger partial charge in [0.2, 0.25) is 0 Å². The molecule has 2 aromatic heterocycles. The SMILES string of the molecule is CCOc1ccc(-n2c(C)c3c(C)nnc(N(CC)c4ccccc4Cl)c3c2C)cc1. The summed E-state index contributed by atoms with van der Waals surface area (Å²) in [5.41, 5.74) is 5.19. The van der Waals surface area contributed by atoms with Crippen molar-refractivity contribution in [2.75, 3.05) is 18.1 Å². The third kappa shape index (κ3) is 3.63. The van der Waals surface area contributed by atoms with Gasteiger partial charge in [-0.1, -0.05) is 23.7 Å². The van der Waals surface area contributed by atoms with Crippen molar-refractivity contribution >= 4 is 33.9 Å². The van der Waals surface area contributed by atoms with Gasteiger partial charge in [-0.2, -0.15) is 5.10 Å². The first kappa shape index (κ1) is 21.2. The van der Waals surface area contributed by atoms with Crippen LogP contribution in [-0.4, -0.2) is 27.9 Å². The van der Waals surface area contributed by atoms with Crippen LogP contribution in [-0.2, 0) is 0 Å². The minimum atomic E-state index is 0.652. The van der Waals surface area contributed by atoms with E-state index in [0.29, 0.717) is 11.6 Å². The Morgan fingerprint density at radius 3 is 2.23 bits per heavy atom. The highest BCUT2D eigenvalue weighted by atomic mass is 35.5. The Balaban J connectivity index is 1.95. The van der Waals surface area contributed by atoms with Gasteiger partial charge in [0.25, 0.3) is 0 Å². The molecule has 160 valence electrons. The van der Waals surface area contributed by atoms with Crippen molar-refractivity contribution in [1.29, 1.82) is 0 Å². The highest BCUT2D eigenvalue weighted by Crippen LogP contribution is 2.39. The van der Waals surface area contributed by atoms with Gasteiger partial charge in [-0.3, -0.25) is 0 Å². The van der Waals surface area contributed by atoms with Crippen molar-refractivity contribution in [1.82, 2.24) is 14.8 Å². The summed E-state index contributed by atoms with van der Waals surface area (Å²) in [7, 11) is 0. The largest absolute Gasteiger partial charge is 0.494 e. The van der Waals surface area contributed by atoms with Gasteiger partial charge in [0.1, 0.15) is 5.75 Å². The highest BCUT2D eigenvalue weighted by Gasteiger charge is 2.23. The third-order valence-corrected chi connectivity index (χ3v) is 5.97. The molecule has 0 atom stereocenters. The first-order valence-corrected chi connectivity index (χ1v) is 11.0. The number of ether oxygens (including phenoxy) is 1. The first-order valence-electron chi connectivity index (χ1n) is 10.6. The van der Waals surface area contributed by atoms with Gasteiger partial charge in [0.15, 0.2) is 5.82 Å². The average Bonchev–Trinajstić information content (AvgIpc) is 3.03. The minimum absolute atomic E-state index is 0.652. The Labute approximate surface area is 188 Å². The number of para-hydroxylation sites is 1. The van der Waals surface area contributed by atoms with Crippen LogP contribution in [0.5, 0.6) is 5.75 Å². The van der Waals surface area contributed by atoms with Gasteiger partial charge in [0.05, 0.1) is 23.0 Å². The van der Waals surface area contributed by atoms with Crippen LogP contribution in [0.3, 0.4) is 0 Å².